The van der Waals surface area contributed by atoms with Gasteiger partial charge in [0.1, 0.15) is 0 Å². The third-order valence-electron chi connectivity index (χ3n) is 5.72. The second kappa shape index (κ2) is 6.65. The summed E-state index contributed by atoms with van der Waals surface area (Å²) < 4.78 is 67.1. The Morgan fingerprint density at radius 1 is 1.16 bits per heavy atom. The molecule has 3 heterocycles. The van der Waals surface area contributed by atoms with Gasteiger partial charge in [-0.2, -0.15) is 8.42 Å². The molecule has 31 heavy (non-hydrogen) atoms. The van der Waals surface area contributed by atoms with E-state index in [-0.39, 0.29) is 22.7 Å². The first kappa shape index (κ1) is 21.0. The van der Waals surface area contributed by atoms with E-state index >= 15 is 8.63 Å². The van der Waals surface area contributed by atoms with Gasteiger partial charge in [-0.25, -0.2) is 0 Å². The van der Waals surface area contributed by atoms with Gasteiger partial charge < -0.3 is 17.6 Å². The predicted octanol–water partition coefficient (Wildman–Crippen LogP) is 4.69. The number of aromatic nitrogens is 1. The van der Waals surface area contributed by atoms with Crippen LogP contribution in [0.15, 0.2) is 51.6 Å². The maximum atomic E-state index is 15.8. The fraction of sp³-hybridized carbons (Fsp3) is 0.211. The highest BCUT2D eigenvalue weighted by Crippen LogP contribution is 2.46. The Labute approximate surface area is 177 Å². The molecule has 12 heteroatoms. The number of rotatable bonds is 3. The Morgan fingerprint density at radius 3 is 2.32 bits per heavy atom. The monoisotopic (exact) mass is 445 g/mol. The van der Waals surface area contributed by atoms with Gasteiger partial charge in [0, 0.05) is 28.8 Å². The Hall–Kier alpha value is -3.21. The van der Waals surface area contributed by atoms with E-state index in [1.807, 2.05) is 0 Å². The highest BCUT2D eigenvalue weighted by atomic mass is 32.2. The van der Waals surface area contributed by atoms with Crippen LogP contribution in [0.25, 0.3) is 16.0 Å². The van der Waals surface area contributed by atoms with Crippen molar-refractivity contribution in [2.75, 3.05) is 0 Å². The van der Waals surface area contributed by atoms with Gasteiger partial charge >= 0.3 is 17.1 Å². The van der Waals surface area contributed by atoms with E-state index in [9.17, 15) is 13.0 Å². The minimum absolute atomic E-state index is 0.0281. The number of benzene rings is 1. The lowest BCUT2D eigenvalue weighted by molar-refractivity contribution is -0.363. The number of nitrogens with zero attached hydrogens (tertiary/aromatic N) is 5. The molecule has 0 unspecified atom stereocenters. The third kappa shape index (κ3) is 2.87. The zero-order chi connectivity index (χ0) is 22.9. The Kier molecular flexibility index (Phi) is 4.51. The van der Waals surface area contributed by atoms with Crippen LogP contribution in [-0.4, -0.2) is 34.6 Å². The predicted molar refractivity (Wildman–Crippen MR) is 114 cm³/mol. The molecule has 2 aliphatic heterocycles. The van der Waals surface area contributed by atoms with Crippen LogP contribution in [0.2, 0.25) is 0 Å². The number of hydrogen-bond donors (Lipinski definition) is 1. The van der Waals surface area contributed by atoms with Gasteiger partial charge in [-0.1, -0.05) is 29.4 Å². The molecular weight excluding hydrogens is 427 g/mol. The minimum Gasteiger partial charge on any atom is -0.393 e. The van der Waals surface area contributed by atoms with E-state index in [1.165, 1.54) is 13.8 Å². The van der Waals surface area contributed by atoms with Gasteiger partial charge in [0.05, 0.1) is 5.57 Å². The standard InChI is InChI=1S/C19H18BF2N5O3S/c1-10-9-11(2)26-17(10)16(14-5-7-15(8-6-14)24-25-23)18-12(3)19(31(28,29)30)13(4)27(18)20(26,21)22/h5-9H,1-4H3,(H,28,29,30). The van der Waals surface area contributed by atoms with E-state index < -0.39 is 22.0 Å². The topological polar surface area (TPSA) is 111 Å². The van der Waals surface area contributed by atoms with Gasteiger partial charge in [0.25, 0.3) is 0 Å². The molecule has 0 spiro atoms. The fourth-order valence-corrected chi connectivity index (χ4v) is 5.65. The zero-order valence-corrected chi connectivity index (χ0v) is 17.9. The summed E-state index contributed by atoms with van der Waals surface area (Å²) in [6.45, 7) is 1.52. The molecule has 160 valence electrons. The molecule has 8 nitrogen and oxygen atoms in total. The SMILES string of the molecule is CC1=C(S(=O)(=O)O)C(C)=[N+]2C1=C(c1ccc(N=[N+]=[N-])cc1)c1c(C)cc(C)n1[B-]2(F)F. The number of allylic oxidation sites excluding steroid dienone is 2. The molecule has 0 atom stereocenters. The lowest BCUT2D eigenvalue weighted by Crippen LogP contribution is -2.51. The quantitative estimate of drug-likeness (QED) is 0.243. The number of fused-ring (bicyclic) bond motifs is 2. The Bertz CT molecular complexity index is 1410. The fourth-order valence-electron chi connectivity index (χ4n) is 4.70. The first-order chi connectivity index (χ1) is 14.4. The highest BCUT2D eigenvalue weighted by molar-refractivity contribution is 7.90. The summed E-state index contributed by atoms with van der Waals surface area (Å²) in [4.78, 5) is 2.21. The summed E-state index contributed by atoms with van der Waals surface area (Å²) in [5.41, 5.74) is 10.9. The van der Waals surface area contributed by atoms with Crippen molar-refractivity contribution >= 4 is 34.1 Å². The largest absolute Gasteiger partial charge is 0.737 e. The van der Waals surface area contributed by atoms with Crippen LogP contribution in [0.3, 0.4) is 0 Å². The van der Waals surface area contributed by atoms with Crippen molar-refractivity contribution in [3.8, 4) is 0 Å². The molecule has 0 saturated carbocycles. The smallest absolute Gasteiger partial charge is 0.393 e. The van der Waals surface area contributed by atoms with Crippen LogP contribution in [0.4, 0.5) is 14.3 Å². The van der Waals surface area contributed by atoms with Crippen molar-refractivity contribution in [2.24, 2.45) is 5.11 Å². The summed E-state index contributed by atoms with van der Waals surface area (Å²) in [7, 11) is -4.74. The molecule has 0 amide bonds. The van der Waals surface area contributed by atoms with Crippen molar-refractivity contribution in [1.82, 2.24) is 4.48 Å². The zero-order valence-electron chi connectivity index (χ0n) is 17.1. The van der Waals surface area contributed by atoms with Crippen LogP contribution < -0.4 is 0 Å². The highest BCUT2D eigenvalue weighted by Gasteiger charge is 2.57. The van der Waals surface area contributed by atoms with E-state index in [4.69, 9.17) is 5.53 Å². The van der Waals surface area contributed by atoms with Crippen molar-refractivity contribution in [2.45, 2.75) is 27.7 Å². The van der Waals surface area contributed by atoms with Crippen LogP contribution in [0, 0.1) is 13.8 Å². The second-order valence-corrected chi connectivity index (χ2v) is 8.98. The Morgan fingerprint density at radius 2 is 1.77 bits per heavy atom. The van der Waals surface area contributed by atoms with Crippen LogP contribution >= 0.6 is 0 Å². The molecule has 1 aromatic heterocycles. The van der Waals surface area contributed by atoms with E-state index in [0.717, 1.165) is 4.48 Å². The number of azide groups is 1. The second-order valence-electron chi connectivity index (χ2n) is 7.62. The van der Waals surface area contributed by atoms with Crippen LogP contribution in [0.5, 0.6) is 0 Å². The first-order valence-corrected chi connectivity index (χ1v) is 10.8. The van der Waals surface area contributed by atoms with Crippen LogP contribution in [0.1, 0.15) is 36.4 Å². The summed E-state index contributed by atoms with van der Waals surface area (Å²) in [6, 6.07) is 8.01. The molecule has 1 N–H and O–H groups in total. The summed E-state index contributed by atoms with van der Waals surface area (Å²) in [5.74, 6) is 0. The summed E-state index contributed by atoms with van der Waals surface area (Å²) in [6.07, 6.45) is 0. The molecule has 2 aromatic rings. The number of hydrogen-bond acceptors (Lipinski definition) is 3. The molecular formula is C19H18BF2N5O3S. The maximum Gasteiger partial charge on any atom is 0.737 e. The molecule has 0 fully saturated rings. The molecule has 0 bridgehead atoms. The van der Waals surface area contributed by atoms with Crippen LogP contribution in [-0.2, 0) is 10.1 Å². The average Bonchev–Trinajstić information content (AvgIpc) is 3.11. The normalized spacial score (nSPS) is 17.6. The number of halogens is 2. The molecule has 0 radical (unpaired) electrons. The first-order valence-electron chi connectivity index (χ1n) is 9.34. The van der Waals surface area contributed by atoms with Crippen molar-refractivity contribution in [1.29, 1.82) is 0 Å². The molecule has 4 rings (SSSR count). The molecule has 0 saturated heterocycles. The number of aryl methyl sites for hydroxylation is 2. The molecule has 0 aliphatic carbocycles. The van der Waals surface area contributed by atoms with E-state index in [2.05, 4.69) is 10.0 Å². The summed E-state index contributed by atoms with van der Waals surface area (Å²) >= 11 is 0. The van der Waals surface area contributed by atoms with Gasteiger partial charge in [-0.05, 0) is 49.2 Å². The molecule has 1 aromatic carbocycles. The van der Waals surface area contributed by atoms with E-state index in [1.54, 1.807) is 44.2 Å². The Balaban J connectivity index is 2.19. The summed E-state index contributed by atoms with van der Waals surface area (Å²) in [5, 5.41) is 3.53. The van der Waals surface area contributed by atoms with Crippen molar-refractivity contribution < 1.29 is 26.1 Å². The van der Waals surface area contributed by atoms with E-state index in [0.29, 0.717) is 32.6 Å². The van der Waals surface area contributed by atoms with Gasteiger partial charge in [-0.3, -0.25) is 4.55 Å². The van der Waals surface area contributed by atoms with Gasteiger partial charge in [-0.15, -0.1) is 0 Å². The van der Waals surface area contributed by atoms with Gasteiger partial charge in [0.2, 0.25) is 0 Å². The minimum atomic E-state index is -4.74. The lowest BCUT2D eigenvalue weighted by Gasteiger charge is -2.34. The van der Waals surface area contributed by atoms with Crippen molar-refractivity contribution in [3.05, 3.63) is 79.5 Å². The maximum absolute atomic E-state index is 15.8. The lowest BCUT2D eigenvalue weighted by atomic mass is 9.84. The molecule has 2 aliphatic rings. The average molecular weight is 445 g/mol. The van der Waals surface area contributed by atoms with Gasteiger partial charge in [0.15, 0.2) is 16.3 Å². The third-order valence-corrected chi connectivity index (χ3v) is 6.83. The van der Waals surface area contributed by atoms with Crippen molar-refractivity contribution in [3.63, 3.8) is 0 Å².